The van der Waals surface area contributed by atoms with Gasteiger partial charge in [-0.3, -0.25) is 0 Å². The second-order valence-corrected chi connectivity index (χ2v) is 9.60. The Morgan fingerprint density at radius 2 is 1.89 bits per heavy atom. The molecule has 0 spiro atoms. The molecule has 28 heavy (non-hydrogen) atoms. The molecule has 1 heteroatoms. The summed E-state index contributed by atoms with van der Waals surface area (Å²) in [5, 5.41) is 10.6. The van der Waals surface area contributed by atoms with Crippen molar-refractivity contribution in [1.29, 1.82) is 0 Å². The topological polar surface area (TPSA) is 20.2 Å². The number of rotatable bonds is 3. The minimum absolute atomic E-state index is 0.0747. The van der Waals surface area contributed by atoms with Gasteiger partial charge in [0.2, 0.25) is 0 Å². The summed E-state index contributed by atoms with van der Waals surface area (Å²) in [7, 11) is 0. The van der Waals surface area contributed by atoms with E-state index in [1.165, 1.54) is 43.2 Å². The fourth-order valence-electron chi connectivity index (χ4n) is 6.61. The number of hydrogen-bond donors (Lipinski definition) is 1. The van der Waals surface area contributed by atoms with Gasteiger partial charge in [-0.2, -0.15) is 0 Å². The molecule has 0 amide bonds. The van der Waals surface area contributed by atoms with Gasteiger partial charge in [0.15, 0.2) is 0 Å². The van der Waals surface area contributed by atoms with Crippen LogP contribution in [-0.4, -0.2) is 11.2 Å². The lowest BCUT2D eigenvalue weighted by Gasteiger charge is -2.50. The predicted octanol–water partition coefficient (Wildman–Crippen LogP) is 6.16. The molecule has 1 nitrogen and oxygen atoms in total. The normalized spacial score (nSPS) is 34.1. The zero-order valence-corrected chi connectivity index (χ0v) is 17.0. The molecule has 0 aliphatic heterocycles. The van der Waals surface area contributed by atoms with E-state index >= 15 is 0 Å². The van der Waals surface area contributed by atoms with Crippen LogP contribution in [-0.2, 0) is 12.8 Å². The van der Waals surface area contributed by atoms with Crippen molar-refractivity contribution in [2.75, 3.05) is 0 Å². The number of allylic oxidation sites excluding steroid dienone is 1. The van der Waals surface area contributed by atoms with E-state index in [1.54, 1.807) is 11.1 Å². The summed E-state index contributed by atoms with van der Waals surface area (Å²) in [6.07, 6.45) is 12.7. The van der Waals surface area contributed by atoms with Gasteiger partial charge in [-0.05, 0) is 90.4 Å². The van der Waals surface area contributed by atoms with Crippen LogP contribution in [0.25, 0.3) is 6.08 Å². The van der Waals surface area contributed by atoms with Crippen molar-refractivity contribution in [3.8, 4) is 0 Å². The second kappa shape index (κ2) is 7.19. The molecule has 5 atom stereocenters. The highest BCUT2D eigenvalue weighted by atomic mass is 16.3. The van der Waals surface area contributed by atoms with E-state index in [9.17, 15) is 5.11 Å². The van der Waals surface area contributed by atoms with E-state index in [0.29, 0.717) is 5.92 Å². The van der Waals surface area contributed by atoms with Crippen molar-refractivity contribution in [2.45, 2.75) is 63.9 Å². The Hall–Kier alpha value is -1.86. The molecule has 5 rings (SSSR count). The van der Waals surface area contributed by atoms with Crippen LogP contribution in [0, 0.1) is 17.3 Å². The summed E-state index contributed by atoms with van der Waals surface area (Å²) in [4.78, 5) is 0. The molecule has 0 aromatic heterocycles. The quantitative estimate of drug-likeness (QED) is 0.684. The third-order valence-electron chi connectivity index (χ3n) is 8.21. The number of aliphatic hydroxyl groups is 1. The fourth-order valence-corrected chi connectivity index (χ4v) is 6.61. The van der Waals surface area contributed by atoms with E-state index in [0.717, 1.165) is 24.7 Å². The molecule has 0 radical (unpaired) electrons. The Balaban J connectivity index is 1.37. The van der Waals surface area contributed by atoms with Crippen LogP contribution in [0.1, 0.15) is 67.2 Å². The van der Waals surface area contributed by atoms with Gasteiger partial charge in [-0.1, -0.05) is 67.6 Å². The van der Waals surface area contributed by atoms with Gasteiger partial charge in [-0.25, -0.2) is 0 Å². The minimum atomic E-state index is -0.0747. The number of hydrogen-bond acceptors (Lipinski definition) is 1. The molecule has 3 aliphatic carbocycles. The van der Waals surface area contributed by atoms with Crippen LogP contribution < -0.4 is 0 Å². The SMILES string of the molecule is CC12CCC3c4cc(C/C=C/c5ccccc5)ccc4CC[C@H]3C1CCC2O. The third-order valence-corrected chi connectivity index (χ3v) is 8.21. The first kappa shape index (κ1) is 18.2. The highest BCUT2D eigenvalue weighted by molar-refractivity contribution is 5.49. The number of aryl methyl sites for hydroxylation is 1. The lowest BCUT2D eigenvalue weighted by Crippen LogP contribution is -2.43. The largest absolute Gasteiger partial charge is 0.393 e. The molecule has 146 valence electrons. The summed E-state index contributed by atoms with van der Waals surface area (Å²) in [5.74, 6) is 2.21. The van der Waals surface area contributed by atoms with Crippen LogP contribution >= 0.6 is 0 Å². The number of benzene rings is 2. The molecule has 0 bridgehead atoms. The molecular formula is C27H32O. The molecule has 2 saturated carbocycles. The van der Waals surface area contributed by atoms with Gasteiger partial charge in [-0.15, -0.1) is 0 Å². The van der Waals surface area contributed by atoms with Crippen molar-refractivity contribution in [1.82, 2.24) is 0 Å². The van der Waals surface area contributed by atoms with E-state index in [2.05, 4.69) is 67.6 Å². The van der Waals surface area contributed by atoms with Crippen LogP contribution in [0.15, 0.2) is 54.6 Å². The maximum atomic E-state index is 10.6. The Labute approximate surface area is 169 Å². The van der Waals surface area contributed by atoms with Crippen molar-refractivity contribution in [3.63, 3.8) is 0 Å². The van der Waals surface area contributed by atoms with E-state index < -0.39 is 0 Å². The van der Waals surface area contributed by atoms with Crippen LogP contribution in [0.5, 0.6) is 0 Å². The smallest absolute Gasteiger partial charge is 0.0596 e. The lowest BCUT2D eigenvalue weighted by atomic mass is 9.55. The molecule has 3 aliphatic rings. The molecule has 0 heterocycles. The van der Waals surface area contributed by atoms with Crippen LogP contribution in [0.3, 0.4) is 0 Å². The lowest BCUT2D eigenvalue weighted by molar-refractivity contribution is -0.0226. The Kier molecular flexibility index (Phi) is 4.67. The van der Waals surface area contributed by atoms with Crippen molar-refractivity contribution < 1.29 is 5.11 Å². The Morgan fingerprint density at radius 1 is 1.04 bits per heavy atom. The zero-order valence-electron chi connectivity index (χ0n) is 17.0. The monoisotopic (exact) mass is 372 g/mol. The number of fused-ring (bicyclic) bond motifs is 5. The predicted molar refractivity (Wildman–Crippen MR) is 116 cm³/mol. The highest BCUT2D eigenvalue weighted by Crippen LogP contribution is 2.60. The van der Waals surface area contributed by atoms with Crippen LogP contribution in [0.2, 0.25) is 0 Å². The summed E-state index contributed by atoms with van der Waals surface area (Å²) >= 11 is 0. The summed E-state index contributed by atoms with van der Waals surface area (Å²) in [6.45, 7) is 2.37. The average Bonchev–Trinajstić information content (AvgIpc) is 3.03. The molecule has 2 aromatic carbocycles. The van der Waals surface area contributed by atoms with Gasteiger partial charge in [0, 0.05) is 0 Å². The summed E-state index contributed by atoms with van der Waals surface area (Å²) < 4.78 is 0. The summed E-state index contributed by atoms with van der Waals surface area (Å²) in [5.41, 5.74) is 6.09. The van der Waals surface area contributed by atoms with Crippen molar-refractivity contribution in [3.05, 3.63) is 76.9 Å². The van der Waals surface area contributed by atoms with Gasteiger partial charge >= 0.3 is 0 Å². The standard InChI is InChI=1S/C27H32O/c1-27-17-16-22-23(25(27)14-15-26(27)28)13-12-21-11-10-20(18-24(21)22)9-5-8-19-6-3-2-4-7-19/h2-8,10-11,18,22-23,25-26,28H,9,12-17H2,1H3/b8-5+/t22?,23-,25?,26?,27?/m1/s1. The molecule has 0 saturated heterocycles. The Bertz CT molecular complexity index is 867. The molecule has 1 N–H and O–H groups in total. The second-order valence-electron chi connectivity index (χ2n) is 9.60. The summed E-state index contributed by atoms with van der Waals surface area (Å²) in [6, 6.07) is 17.8. The highest BCUT2D eigenvalue weighted by Gasteiger charge is 2.54. The first-order chi connectivity index (χ1) is 13.6. The number of aliphatic hydroxyl groups excluding tert-OH is 1. The molecule has 2 fully saturated rings. The fraction of sp³-hybridized carbons (Fsp3) is 0.481. The van der Waals surface area contributed by atoms with Gasteiger partial charge in [0.05, 0.1) is 6.10 Å². The van der Waals surface area contributed by atoms with E-state index in [-0.39, 0.29) is 11.5 Å². The Morgan fingerprint density at radius 3 is 2.75 bits per heavy atom. The molecular weight excluding hydrogens is 340 g/mol. The third kappa shape index (κ3) is 3.05. The van der Waals surface area contributed by atoms with Crippen LogP contribution in [0.4, 0.5) is 0 Å². The average molecular weight is 373 g/mol. The van der Waals surface area contributed by atoms with Gasteiger partial charge in [0.25, 0.3) is 0 Å². The minimum Gasteiger partial charge on any atom is -0.393 e. The van der Waals surface area contributed by atoms with E-state index in [1.807, 2.05) is 0 Å². The van der Waals surface area contributed by atoms with Crippen molar-refractivity contribution >= 4 is 6.08 Å². The van der Waals surface area contributed by atoms with Crippen molar-refractivity contribution in [2.24, 2.45) is 17.3 Å². The maximum absolute atomic E-state index is 10.6. The zero-order chi connectivity index (χ0) is 19.1. The molecule has 2 aromatic rings. The first-order valence-electron chi connectivity index (χ1n) is 11.2. The maximum Gasteiger partial charge on any atom is 0.0596 e. The van der Waals surface area contributed by atoms with Gasteiger partial charge < -0.3 is 5.11 Å². The van der Waals surface area contributed by atoms with E-state index in [4.69, 9.17) is 0 Å². The van der Waals surface area contributed by atoms with Gasteiger partial charge in [0.1, 0.15) is 0 Å². The first-order valence-corrected chi connectivity index (χ1v) is 11.2. The molecule has 4 unspecified atom stereocenters.